The first-order valence-electron chi connectivity index (χ1n) is 12.1. The molecule has 0 aliphatic heterocycles. The highest BCUT2D eigenvalue weighted by atomic mass is 14.0. The van der Waals surface area contributed by atoms with Gasteiger partial charge in [0.25, 0.3) is 0 Å². The van der Waals surface area contributed by atoms with Crippen LogP contribution in [-0.4, -0.2) is 0 Å². The Kier molecular flexibility index (Phi) is 22.0. The highest BCUT2D eigenvalue weighted by Crippen LogP contribution is 2.16. The first kappa shape index (κ1) is 25.0. The molecule has 0 N–H and O–H groups in total. The predicted octanol–water partition coefficient (Wildman–Crippen LogP) is 9.67. The fourth-order valence-electron chi connectivity index (χ4n) is 3.70. The molecule has 0 fully saturated rings. The van der Waals surface area contributed by atoms with Crippen LogP contribution < -0.4 is 0 Å². The topological polar surface area (TPSA) is 0 Å². The van der Waals surface area contributed by atoms with Crippen molar-refractivity contribution >= 4 is 0 Å². The van der Waals surface area contributed by atoms with E-state index in [1.165, 1.54) is 128 Å². The lowest BCUT2D eigenvalue weighted by Gasteiger charge is -2.07. The fraction of sp³-hybridized carbons (Fsp3) is 0.960. The molecule has 0 nitrogen and oxygen atoms in total. The summed E-state index contributed by atoms with van der Waals surface area (Å²) >= 11 is 0. The normalized spacial score (nSPS) is 12.6. The van der Waals surface area contributed by atoms with Gasteiger partial charge in [-0.3, -0.25) is 0 Å². The zero-order valence-electron chi connectivity index (χ0n) is 18.1. The van der Waals surface area contributed by atoms with E-state index in [0.717, 1.165) is 12.3 Å². The molecular formula is C25H51. The molecule has 0 saturated carbocycles. The van der Waals surface area contributed by atoms with Gasteiger partial charge >= 0.3 is 0 Å². The third kappa shape index (κ3) is 22.0. The molecule has 0 heteroatoms. The van der Waals surface area contributed by atoms with Crippen LogP contribution in [0, 0.1) is 12.8 Å². The molecule has 0 aromatic carbocycles. The third-order valence-electron chi connectivity index (χ3n) is 5.89. The van der Waals surface area contributed by atoms with Crippen molar-refractivity contribution in [1.29, 1.82) is 0 Å². The van der Waals surface area contributed by atoms with Crippen molar-refractivity contribution in [2.45, 2.75) is 149 Å². The highest BCUT2D eigenvalue weighted by molar-refractivity contribution is 4.53. The van der Waals surface area contributed by atoms with Crippen LogP contribution in [0.15, 0.2) is 0 Å². The molecule has 1 unspecified atom stereocenters. The van der Waals surface area contributed by atoms with Crippen molar-refractivity contribution < 1.29 is 0 Å². The maximum atomic E-state index is 3.91. The second-order valence-electron chi connectivity index (χ2n) is 8.52. The Hall–Kier alpha value is 0. The summed E-state index contributed by atoms with van der Waals surface area (Å²) in [6.07, 6.45) is 30.3. The van der Waals surface area contributed by atoms with Crippen molar-refractivity contribution in [3.63, 3.8) is 0 Å². The van der Waals surface area contributed by atoms with E-state index >= 15 is 0 Å². The molecule has 0 aliphatic rings. The zero-order chi connectivity index (χ0) is 18.4. The van der Waals surface area contributed by atoms with Crippen molar-refractivity contribution in [3.05, 3.63) is 6.92 Å². The second-order valence-corrected chi connectivity index (χ2v) is 8.52. The van der Waals surface area contributed by atoms with Gasteiger partial charge in [0, 0.05) is 0 Å². The van der Waals surface area contributed by atoms with E-state index in [0.29, 0.717) is 0 Å². The maximum Gasteiger partial charge on any atom is -0.0445 e. The standard InChI is InChI=1S/C25H51/c1-4-6-7-8-9-10-11-12-13-14-15-16-17-18-19-20-21-22-23-24-25(3)5-2/h25H,1,4-24H2,2-3H3. The third-order valence-corrected chi connectivity index (χ3v) is 5.89. The average Bonchev–Trinajstić information content (AvgIpc) is 2.63. The number of rotatable bonds is 21. The Morgan fingerprint density at radius 1 is 0.480 bits per heavy atom. The second kappa shape index (κ2) is 22.0. The van der Waals surface area contributed by atoms with Crippen LogP contribution >= 0.6 is 0 Å². The molecule has 0 aromatic heterocycles. The van der Waals surface area contributed by atoms with Crippen LogP contribution in [0.25, 0.3) is 0 Å². The minimum Gasteiger partial charge on any atom is -0.0651 e. The molecule has 151 valence electrons. The van der Waals surface area contributed by atoms with E-state index in [9.17, 15) is 0 Å². The quantitative estimate of drug-likeness (QED) is 0.180. The molecule has 0 spiro atoms. The van der Waals surface area contributed by atoms with Gasteiger partial charge in [0.15, 0.2) is 0 Å². The van der Waals surface area contributed by atoms with Gasteiger partial charge in [-0.2, -0.15) is 0 Å². The van der Waals surface area contributed by atoms with Gasteiger partial charge in [0.2, 0.25) is 0 Å². The number of unbranched alkanes of at least 4 members (excludes halogenated alkanes) is 18. The van der Waals surface area contributed by atoms with Crippen LogP contribution in [-0.2, 0) is 0 Å². The monoisotopic (exact) mass is 351 g/mol. The Morgan fingerprint density at radius 2 is 0.760 bits per heavy atom. The van der Waals surface area contributed by atoms with Gasteiger partial charge in [-0.1, -0.05) is 156 Å². The summed E-state index contributed by atoms with van der Waals surface area (Å²) in [7, 11) is 0. The smallest absolute Gasteiger partial charge is 0.0445 e. The van der Waals surface area contributed by atoms with Crippen molar-refractivity contribution in [3.8, 4) is 0 Å². The summed E-state index contributed by atoms with van der Waals surface area (Å²) in [5.74, 6) is 0.948. The first-order valence-corrected chi connectivity index (χ1v) is 12.1. The lowest BCUT2D eigenvalue weighted by molar-refractivity contribution is 0.468. The summed E-state index contributed by atoms with van der Waals surface area (Å²) in [5, 5.41) is 0. The Balaban J connectivity index is 2.98. The molecule has 0 rings (SSSR count). The number of hydrogen-bond donors (Lipinski definition) is 0. The van der Waals surface area contributed by atoms with Gasteiger partial charge in [0.1, 0.15) is 0 Å². The first-order chi connectivity index (χ1) is 12.3. The van der Waals surface area contributed by atoms with E-state index in [-0.39, 0.29) is 0 Å². The Morgan fingerprint density at radius 3 is 1.04 bits per heavy atom. The zero-order valence-corrected chi connectivity index (χ0v) is 18.1. The van der Waals surface area contributed by atoms with E-state index in [4.69, 9.17) is 0 Å². The Labute approximate surface area is 161 Å². The van der Waals surface area contributed by atoms with Crippen LogP contribution in [0.5, 0.6) is 0 Å². The molecule has 0 amide bonds. The van der Waals surface area contributed by atoms with Crippen LogP contribution in [0.4, 0.5) is 0 Å². The summed E-state index contributed by atoms with van der Waals surface area (Å²) < 4.78 is 0. The van der Waals surface area contributed by atoms with E-state index < -0.39 is 0 Å². The van der Waals surface area contributed by atoms with E-state index in [2.05, 4.69) is 20.8 Å². The Bertz CT molecular complexity index is 220. The molecule has 0 aliphatic carbocycles. The minimum absolute atomic E-state index is 0.948. The molecule has 25 heavy (non-hydrogen) atoms. The summed E-state index contributed by atoms with van der Waals surface area (Å²) in [4.78, 5) is 0. The van der Waals surface area contributed by atoms with E-state index in [1.807, 2.05) is 0 Å². The number of hydrogen-bond acceptors (Lipinski definition) is 0. The van der Waals surface area contributed by atoms with Crippen molar-refractivity contribution in [1.82, 2.24) is 0 Å². The van der Waals surface area contributed by atoms with Gasteiger partial charge in [-0.05, 0) is 5.92 Å². The average molecular weight is 352 g/mol. The maximum absolute atomic E-state index is 3.91. The predicted molar refractivity (Wildman–Crippen MR) is 117 cm³/mol. The lowest BCUT2D eigenvalue weighted by Crippen LogP contribution is -1.91. The summed E-state index contributed by atoms with van der Waals surface area (Å²) in [6.45, 7) is 8.62. The molecule has 0 heterocycles. The lowest BCUT2D eigenvalue weighted by atomic mass is 9.99. The van der Waals surface area contributed by atoms with Crippen molar-refractivity contribution in [2.75, 3.05) is 0 Å². The van der Waals surface area contributed by atoms with Gasteiger partial charge in [-0.25, -0.2) is 0 Å². The molecule has 0 saturated heterocycles. The van der Waals surface area contributed by atoms with Gasteiger partial charge in [0.05, 0.1) is 0 Å². The van der Waals surface area contributed by atoms with Gasteiger partial charge < -0.3 is 0 Å². The van der Waals surface area contributed by atoms with Gasteiger partial charge in [-0.15, -0.1) is 0 Å². The molecular weight excluding hydrogens is 300 g/mol. The van der Waals surface area contributed by atoms with Crippen LogP contribution in [0.1, 0.15) is 149 Å². The summed E-state index contributed by atoms with van der Waals surface area (Å²) in [5.41, 5.74) is 0. The minimum atomic E-state index is 0.948. The van der Waals surface area contributed by atoms with E-state index in [1.54, 1.807) is 0 Å². The largest absolute Gasteiger partial charge is 0.0651 e. The molecule has 1 radical (unpaired) electrons. The summed E-state index contributed by atoms with van der Waals surface area (Å²) in [6, 6.07) is 0. The molecule has 0 aromatic rings. The van der Waals surface area contributed by atoms with Crippen LogP contribution in [0.2, 0.25) is 0 Å². The highest BCUT2D eigenvalue weighted by Gasteiger charge is 1.98. The fourth-order valence-corrected chi connectivity index (χ4v) is 3.70. The molecule has 1 atom stereocenters. The van der Waals surface area contributed by atoms with Crippen molar-refractivity contribution in [2.24, 2.45) is 5.92 Å². The SMILES string of the molecule is [CH2]CCCCCCCCCCCCCCCCCCCCC(C)CC. The molecule has 0 bridgehead atoms. The van der Waals surface area contributed by atoms with Crippen LogP contribution in [0.3, 0.4) is 0 Å².